The molecule has 1 N–H and O–H groups in total. The third-order valence-electron chi connectivity index (χ3n) is 4.11. The van der Waals surface area contributed by atoms with Gasteiger partial charge >= 0.3 is 0 Å². The van der Waals surface area contributed by atoms with Crippen molar-refractivity contribution in [2.45, 2.75) is 12.8 Å². The molecule has 0 atom stereocenters. The number of aromatic nitrogens is 1. The number of nitrogens with one attached hydrogen (secondary N) is 1. The highest BCUT2D eigenvalue weighted by Crippen LogP contribution is 2.28. The number of hydrogen-bond acceptors (Lipinski definition) is 5. The van der Waals surface area contributed by atoms with Gasteiger partial charge in [-0.25, -0.2) is 4.98 Å². The van der Waals surface area contributed by atoms with Gasteiger partial charge in [0.2, 0.25) is 0 Å². The summed E-state index contributed by atoms with van der Waals surface area (Å²) in [6.45, 7) is 2.14. The van der Waals surface area contributed by atoms with Crippen molar-refractivity contribution in [2.75, 3.05) is 37.5 Å². The molecule has 6 heteroatoms. The van der Waals surface area contributed by atoms with Gasteiger partial charge in [-0.05, 0) is 43.2 Å². The van der Waals surface area contributed by atoms with Gasteiger partial charge in [-0.1, -0.05) is 0 Å². The standard InChI is InChI=1S/C18H21N3O3/c1-23-15-7-5-13(11-16(15)24-2)18(22)20-17-8-6-14(12-19-17)21-9-3-4-10-21/h5-8,11-12H,3-4,9-10H2,1-2H3,(H,19,20,22). The molecular weight excluding hydrogens is 306 g/mol. The minimum atomic E-state index is -0.239. The molecule has 24 heavy (non-hydrogen) atoms. The SMILES string of the molecule is COc1ccc(C(=O)Nc2ccc(N3CCCC3)cn2)cc1OC. The minimum Gasteiger partial charge on any atom is -0.493 e. The Hall–Kier alpha value is -2.76. The van der Waals surface area contributed by atoms with E-state index in [0.29, 0.717) is 22.9 Å². The summed E-state index contributed by atoms with van der Waals surface area (Å²) in [4.78, 5) is 19.0. The summed E-state index contributed by atoms with van der Waals surface area (Å²) in [5.74, 6) is 1.39. The quantitative estimate of drug-likeness (QED) is 0.915. The molecule has 0 aliphatic carbocycles. The lowest BCUT2D eigenvalue weighted by atomic mass is 10.2. The van der Waals surface area contributed by atoms with Crippen molar-refractivity contribution in [1.82, 2.24) is 4.98 Å². The van der Waals surface area contributed by atoms with Crippen LogP contribution in [0.15, 0.2) is 36.5 Å². The Morgan fingerprint density at radius 1 is 1.08 bits per heavy atom. The molecule has 2 heterocycles. The third-order valence-corrected chi connectivity index (χ3v) is 4.11. The second-order valence-electron chi connectivity index (χ2n) is 5.62. The van der Waals surface area contributed by atoms with E-state index in [9.17, 15) is 4.79 Å². The van der Waals surface area contributed by atoms with E-state index in [4.69, 9.17) is 9.47 Å². The summed E-state index contributed by atoms with van der Waals surface area (Å²) in [7, 11) is 3.10. The number of anilines is 2. The summed E-state index contributed by atoms with van der Waals surface area (Å²) in [6, 6.07) is 8.86. The monoisotopic (exact) mass is 327 g/mol. The Balaban J connectivity index is 1.70. The van der Waals surface area contributed by atoms with Crippen molar-refractivity contribution < 1.29 is 14.3 Å². The fourth-order valence-electron chi connectivity index (χ4n) is 2.79. The van der Waals surface area contributed by atoms with Crippen LogP contribution in [-0.2, 0) is 0 Å². The van der Waals surface area contributed by atoms with E-state index in [2.05, 4.69) is 15.2 Å². The zero-order valence-corrected chi connectivity index (χ0v) is 13.9. The molecule has 0 unspecified atom stereocenters. The first-order chi connectivity index (χ1) is 11.7. The lowest BCUT2D eigenvalue weighted by molar-refractivity contribution is 0.102. The van der Waals surface area contributed by atoms with E-state index in [1.54, 1.807) is 31.5 Å². The largest absolute Gasteiger partial charge is 0.493 e. The van der Waals surface area contributed by atoms with Crippen molar-refractivity contribution in [3.63, 3.8) is 0 Å². The number of ether oxygens (including phenoxy) is 2. The highest BCUT2D eigenvalue weighted by Gasteiger charge is 2.14. The lowest BCUT2D eigenvalue weighted by Crippen LogP contribution is -2.18. The summed E-state index contributed by atoms with van der Waals surface area (Å²) >= 11 is 0. The van der Waals surface area contributed by atoms with Gasteiger partial charge in [-0.3, -0.25) is 4.79 Å². The molecule has 1 aliphatic heterocycles. The molecule has 3 rings (SSSR count). The normalized spacial score (nSPS) is 13.7. The van der Waals surface area contributed by atoms with Gasteiger partial charge < -0.3 is 19.7 Å². The molecular formula is C18H21N3O3. The second kappa shape index (κ2) is 7.21. The first-order valence-electron chi connectivity index (χ1n) is 7.95. The number of pyridine rings is 1. The minimum absolute atomic E-state index is 0.239. The molecule has 0 spiro atoms. The van der Waals surface area contributed by atoms with Gasteiger partial charge in [0.15, 0.2) is 11.5 Å². The Morgan fingerprint density at radius 2 is 1.83 bits per heavy atom. The summed E-state index contributed by atoms with van der Waals surface area (Å²) in [6.07, 6.45) is 4.24. The molecule has 0 saturated carbocycles. The highest BCUT2D eigenvalue weighted by molar-refractivity contribution is 6.04. The summed E-state index contributed by atoms with van der Waals surface area (Å²) in [5.41, 5.74) is 1.58. The van der Waals surface area contributed by atoms with E-state index in [-0.39, 0.29) is 5.91 Å². The molecule has 1 fully saturated rings. The van der Waals surface area contributed by atoms with Gasteiger partial charge in [0.05, 0.1) is 26.1 Å². The Labute approximate surface area is 141 Å². The fourth-order valence-corrected chi connectivity index (χ4v) is 2.79. The van der Waals surface area contributed by atoms with Crippen LogP contribution in [0.5, 0.6) is 11.5 Å². The number of carbonyl (C=O) groups is 1. The van der Waals surface area contributed by atoms with Crippen molar-refractivity contribution in [1.29, 1.82) is 0 Å². The predicted molar refractivity (Wildman–Crippen MR) is 93.2 cm³/mol. The van der Waals surface area contributed by atoms with E-state index in [0.717, 1.165) is 18.8 Å². The molecule has 1 aliphatic rings. The van der Waals surface area contributed by atoms with Crippen molar-refractivity contribution in [3.8, 4) is 11.5 Å². The third kappa shape index (κ3) is 3.42. The molecule has 0 radical (unpaired) electrons. The van der Waals surface area contributed by atoms with Crippen LogP contribution >= 0.6 is 0 Å². The summed E-state index contributed by atoms with van der Waals surface area (Å²) < 4.78 is 10.4. The molecule has 1 aromatic carbocycles. The molecule has 1 amide bonds. The van der Waals surface area contributed by atoms with Gasteiger partial charge in [0.25, 0.3) is 5.91 Å². The second-order valence-corrected chi connectivity index (χ2v) is 5.62. The Kier molecular flexibility index (Phi) is 4.84. The molecule has 6 nitrogen and oxygen atoms in total. The molecule has 126 valence electrons. The van der Waals surface area contributed by atoms with Gasteiger partial charge in [-0.15, -0.1) is 0 Å². The van der Waals surface area contributed by atoms with E-state index in [1.807, 2.05) is 12.1 Å². The van der Waals surface area contributed by atoms with Crippen LogP contribution in [0.25, 0.3) is 0 Å². The number of hydrogen-bond donors (Lipinski definition) is 1. The predicted octanol–water partition coefficient (Wildman–Crippen LogP) is 2.95. The average Bonchev–Trinajstić information content (AvgIpc) is 3.16. The maximum atomic E-state index is 12.4. The average molecular weight is 327 g/mol. The van der Waals surface area contributed by atoms with E-state index >= 15 is 0 Å². The topological polar surface area (TPSA) is 63.7 Å². The number of benzene rings is 1. The Morgan fingerprint density at radius 3 is 2.46 bits per heavy atom. The first kappa shape index (κ1) is 16.1. The van der Waals surface area contributed by atoms with Crippen LogP contribution in [0.2, 0.25) is 0 Å². The van der Waals surface area contributed by atoms with Crippen LogP contribution in [0, 0.1) is 0 Å². The van der Waals surface area contributed by atoms with E-state index < -0.39 is 0 Å². The van der Waals surface area contributed by atoms with Crippen LogP contribution in [0.1, 0.15) is 23.2 Å². The van der Waals surface area contributed by atoms with Gasteiger partial charge in [0, 0.05) is 18.7 Å². The van der Waals surface area contributed by atoms with Crippen molar-refractivity contribution in [2.24, 2.45) is 0 Å². The number of carbonyl (C=O) groups excluding carboxylic acids is 1. The summed E-state index contributed by atoms with van der Waals surface area (Å²) in [5, 5.41) is 2.80. The molecule has 0 bridgehead atoms. The smallest absolute Gasteiger partial charge is 0.256 e. The number of methoxy groups -OCH3 is 2. The number of rotatable bonds is 5. The fraction of sp³-hybridized carbons (Fsp3) is 0.333. The van der Waals surface area contributed by atoms with Gasteiger partial charge in [-0.2, -0.15) is 0 Å². The highest BCUT2D eigenvalue weighted by atomic mass is 16.5. The zero-order valence-electron chi connectivity index (χ0n) is 13.9. The zero-order chi connectivity index (χ0) is 16.9. The first-order valence-corrected chi connectivity index (χ1v) is 7.95. The molecule has 2 aromatic rings. The van der Waals surface area contributed by atoms with Crippen LogP contribution in [-0.4, -0.2) is 38.2 Å². The van der Waals surface area contributed by atoms with Crippen LogP contribution in [0.4, 0.5) is 11.5 Å². The Bertz CT molecular complexity index is 710. The van der Waals surface area contributed by atoms with Crippen molar-refractivity contribution >= 4 is 17.4 Å². The maximum absolute atomic E-state index is 12.4. The molecule has 1 aromatic heterocycles. The van der Waals surface area contributed by atoms with Crippen molar-refractivity contribution in [3.05, 3.63) is 42.1 Å². The maximum Gasteiger partial charge on any atom is 0.256 e. The number of amides is 1. The van der Waals surface area contributed by atoms with Crippen LogP contribution < -0.4 is 19.7 Å². The lowest BCUT2D eigenvalue weighted by Gasteiger charge is -2.17. The van der Waals surface area contributed by atoms with Crippen LogP contribution in [0.3, 0.4) is 0 Å². The number of nitrogens with zero attached hydrogens (tertiary/aromatic N) is 2. The molecule has 1 saturated heterocycles. The van der Waals surface area contributed by atoms with E-state index in [1.165, 1.54) is 20.0 Å². The van der Waals surface area contributed by atoms with Gasteiger partial charge in [0.1, 0.15) is 5.82 Å².